The summed E-state index contributed by atoms with van der Waals surface area (Å²) >= 11 is 5.83. The predicted molar refractivity (Wildman–Crippen MR) is 114 cm³/mol. The summed E-state index contributed by atoms with van der Waals surface area (Å²) in [6.45, 7) is 4.15. The molecule has 0 unspecified atom stereocenters. The summed E-state index contributed by atoms with van der Waals surface area (Å²) in [7, 11) is 1.90. The van der Waals surface area contributed by atoms with Crippen LogP contribution in [0.3, 0.4) is 0 Å². The van der Waals surface area contributed by atoms with E-state index in [9.17, 15) is 14.9 Å². The summed E-state index contributed by atoms with van der Waals surface area (Å²) in [4.78, 5) is 27.3. The van der Waals surface area contributed by atoms with Crippen LogP contribution in [0.25, 0.3) is 0 Å². The lowest BCUT2D eigenvalue weighted by Gasteiger charge is -2.34. The molecule has 1 aromatic carbocycles. The maximum Gasteiger partial charge on any atom is 0.408 e. The van der Waals surface area contributed by atoms with Crippen molar-refractivity contribution in [1.29, 1.82) is 0 Å². The molecule has 11 heteroatoms. The molecule has 1 fully saturated rings. The molecule has 1 aliphatic rings. The van der Waals surface area contributed by atoms with E-state index in [1.54, 1.807) is 16.8 Å². The molecule has 162 valence electrons. The molecular formula is C20H22ClN7O3. The van der Waals surface area contributed by atoms with Crippen molar-refractivity contribution in [2.45, 2.75) is 13.1 Å². The van der Waals surface area contributed by atoms with Crippen LogP contribution >= 0.6 is 11.6 Å². The molecule has 3 heterocycles. The number of nitrogens with zero attached hydrogens (tertiary/aromatic N) is 7. The Balaban J connectivity index is 1.32. The smallest absolute Gasteiger partial charge is 0.358 e. The molecule has 1 amide bonds. The van der Waals surface area contributed by atoms with E-state index in [1.165, 1.54) is 16.4 Å². The van der Waals surface area contributed by atoms with E-state index in [-0.39, 0.29) is 16.7 Å². The molecule has 0 N–H and O–H groups in total. The summed E-state index contributed by atoms with van der Waals surface area (Å²) in [5.41, 5.74) is 2.66. The lowest BCUT2D eigenvalue weighted by atomic mass is 10.1. The van der Waals surface area contributed by atoms with Crippen molar-refractivity contribution in [2.24, 2.45) is 7.05 Å². The Kier molecular flexibility index (Phi) is 6.01. The maximum absolute atomic E-state index is 12.8. The van der Waals surface area contributed by atoms with Crippen LogP contribution in [0.1, 0.15) is 21.5 Å². The van der Waals surface area contributed by atoms with Crippen molar-refractivity contribution >= 4 is 23.3 Å². The molecule has 0 bridgehead atoms. The Bertz CT molecular complexity index is 1080. The van der Waals surface area contributed by atoms with Crippen LogP contribution in [0.15, 0.2) is 42.9 Å². The van der Waals surface area contributed by atoms with Crippen LogP contribution in [0, 0.1) is 10.1 Å². The molecule has 2 aromatic heterocycles. The van der Waals surface area contributed by atoms with Crippen molar-refractivity contribution in [3.8, 4) is 0 Å². The number of benzene rings is 1. The maximum atomic E-state index is 12.8. The second kappa shape index (κ2) is 8.86. The molecule has 10 nitrogen and oxygen atoms in total. The molecule has 3 aromatic rings. The number of rotatable bonds is 6. The van der Waals surface area contributed by atoms with E-state index >= 15 is 0 Å². The highest BCUT2D eigenvalue weighted by molar-refractivity contribution is 6.32. The van der Waals surface area contributed by atoms with Crippen LogP contribution in [-0.2, 0) is 20.1 Å². The van der Waals surface area contributed by atoms with Gasteiger partial charge in [-0.3, -0.25) is 14.4 Å². The normalized spacial score (nSPS) is 14.7. The van der Waals surface area contributed by atoms with Gasteiger partial charge < -0.3 is 15.0 Å². The van der Waals surface area contributed by atoms with E-state index in [4.69, 9.17) is 11.6 Å². The van der Waals surface area contributed by atoms with Gasteiger partial charge in [0.15, 0.2) is 5.02 Å². The van der Waals surface area contributed by atoms with Gasteiger partial charge in [-0.05, 0) is 22.6 Å². The molecule has 0 aliphatic carbocycles. The van der Waals surface area contributed by atoms with E-state index < -0.39 is 4.92 Å². The van der Waals surface area contributed by atoms with Crippen LogP contribution in [0.4, 0.5) is 5.82 Å². The first-order valence-electron chi connectivity index (χ1n) is 9.84. The van der Waals surface area contributed by atoms with Crippen LogP contribution < -0.4 is 0 Å². The van der Waals surface area contributed by atoms with Gasteiger partial charge in [-0.2, -0.15) is 9.78 Å². The van der Waals surface area contributed by atoms with Gasteiger partial charge in [0, 0.05) is 57.1 Å². The molecular weight excluding hydrogens is 422 g/mol. The Morgan fingerprint density at radius 2 is 1.81 bits per heavy atom. The average molecular weight is 444 g/mol. The Morgan fingerprint density at radius 3 is 2.39 bits per heavy atom. The summed E-state index contributed by atoms with van der Waals surface area (Å²) < 4.78 is 3.21. The number of piperazine rings is 1. The minimum absolute atomic E-state index is 0.000493. The number of hydrogen-bond acceptors (Lipinski definition) is 6. The first-order chi connectivity index (χ1) is 14.9. The zero-order valence-corrected chi connectivity index (χ0v) is 17.8. The van der Waals surface area contributed by atoms with Crippen molar-refractivity contribution in [2.75, 3.05) is 26.2 Å². The SMILES string of the molecule is Cn1cc(CN2CCN(C(=O)c3ccc(Cn4cc(Cl)c([N+](=O)[O-])n4)cc3)CC2)cn1. The van der Waals surface area contributed by atoms with E-state index in [0.717, 1.165) is 25.2 Å². The number of aromatic nitrogens is 4. The fourth-order valence-electron chi connectivity index (χ4n) is 3.63. The van der Waals surface area contributed by atoms with Crippen molar-refractivity contribution < 1.29 is 9.72 Å². The summed E-state index contributed by atoms with van der Waals surface area (Å²) in [5.74, 6) is -0.360. The number of nitro groups is 1. The highest BCUT2D eigenvalue weighted by Crippen LogP contribution is 2.22. The first-order valence-corrected chi connectivity index (χ1v) is 10.2. The number of hydrogen-bond donors (Lipinski definition) is 0. The minimum Gasteiger partial charge on any atom is -0.358 e. The standard InChI is InChI=1S/C20H22ClN7O3/c1-24-11-16(10-22-24)12-25-6-8-26(9-7-25)20(29)17-4-2-15(3-5-17)13-27-14-18(21)19(23-27)28(30)31/h2-5,10-11,14H,6-9,12-13H2,1H3. The van der Waals surface area contributed by atoms with Crippen LogP contribution in [-0.4, -0.2) is 66.4 Å². The third-order valence-corrected chi connectivity index (χ3v) is 5.51. The quantitative estimate of drug-likeness (QED) is 0.427. The molecule has 4 rings (SSSR count). The molecule has 1 aliphatic heterocycles. The molecule has 0 radical (unpaired) electrons. The number of halogens is 1. The molecule has 0 spiro atoms. The van der Waals surface area contributed by atoms with Gasteiger partial charge in [0.25, 0.3) is 5.91 Å². The predicted octanol–water partition coefficient (Wildman–Crippen LogP) is 2.18. The largest absolute Gasteiger partial charge is 0.408 e. The van der Waals surface area contributed by atoms with Crippen LogP contribution in [0.2, 0.25) is 5.02 Å². The zero-order chi connectivity index (χ0) is 22.0. The second-order valence-corrected chi connectivity index (χ2v) is 7.95. The number of carbonyl (C=O) groups is 1. The first kappa shape index (κ1) is 21.0. The van der Waals surface area contributed by atoms with Crippen molar-refractivity contribution in [3.63, 3.8) is 0 Å². The monoisotopic (exact) mass is 443 g/mol. The molecule has 1 saturated heterocycles. The van der Waals surface area contributed by atoms with Gasteiger partial charge in [0.05, 0.1) is 24.0 Å². The number of amides is 1. The highest BCUT2D eigenvalue weighted by Gasteiger charge is 2.23. The molecule has 0 atom stereocenters. The van der Waals surface area contributed by atoms with Gasteiger partial charge in [0.1, 0.15) is 0 Å². The highest BCUT2D eigenvalue weighted by atomic mass is 35.5. The summed E-state index contributed by atoms with van der Waals surface area (Å²) in [6.07, 6.45) is 5.30. The van der Waals surface area contributed by atoms with Crippen LogP contribution in [0.5, 0.6) is 0 Å². The van der Waals surface area contributed by atoms with E-state index in [2.05, 4.69) is 15.1 Å². The third kappa shape index (κ3) is 4.92. The summed E-state index contributed by atoms with van der Waals surface area (Å²) in [6, 6.07) is 7.21. The van der Waals surface area contributed by atoms with E-state index in [1.807, 2.05) is 36.5 Å². The van der Waals surface area contributed by atoms with Crippen molar-refractivity contribution in [1.82, 2.24) is 29.4 Å². The Labute approximate surface area is 183 Å². The zero-order valence-electron chi connectivity index (χ0n) is 17.0. The van der Waals surface area contributed by atoms with E-state index in [0.29, 0.717) is 25.2 Å². The summed E-state index contributed by atoms with van der Waals surface area (Å²) in [5, 5.41) is 18.9. The van der Waals surface area contributed by atoms with Gasteiger partial charge in [-0.1, -0.05) is 23.7 Å². The minimum atomic E-state index is -0.614. The molecule has 31 heavy (non-hydrogen) atoms. The lowest BCUT2D eigenvalue weighted by Crippen LogP contribution is -2.48. The lowest BCUT2D eigenvalue weighted by molar-refractivity contribution is -0.389. The molecule has 0 saturated carbocycles. The van der Waals surface area contributed by atoms with Gasteiger partial charge in [-0.25, -0.2) is 0 Å². The van der Waals surface area contributed by atoms with Gasteiger partial charge in [-0.15, -0.1) is 0 Å². The average Bonchev–Trinajstić information content (AvgIpc) is 3.33. The van der Waals surface area contributed by atoms with Crippen molar-refractivity contribution in [3.05, 3.63) is 74.7 Å². The fourth-order valence-corrected chi connectivity index (χ4v) is 3.85. The third-order valence-electron chi connectivity index (χ3n) is 5.24. The Hall–Kier alpha value is -3.24. The second-order valence-electron chi connectivity index (χ2n) is 7.54. The fraction of sp³-hybridized carbons (Fsp3) is 0.350. The number of carbonyl (C=O) groups excluding carboxylic acids is 1. The Morgan fingerprint density at radius 1 is 1.10 bits per heavy atom. The topological polar surface area (TPSA) is 102 Å². The van der Waals surface area contributed by atoms with Gasteiger partial charge >= 0.3 is 5.82 Å². The number of aryl methyl sites for hydroxylation is 1. The van der Waals surface area contributed by atoms with Gasteiger partial charge in [0.2, 0.25) is 0 Å².